The van der Waals surface area contributed by atoms with Crippen LogP contribution in [-0.2, 0) is 12.8 Å². The normalized spacial score (nSPS) is 33.5. The summed E-state index contributed by atoms with van der Waals surface area (Å²) in [6, 6.07) is 7.69. The van der Waals surface area contributed by atoms with Crippen LogP contribution in [0.15, 0.2) is 65.2 Å². The maximum atomic E-state index is 12.2. The molecule has 340 valence electrons. The molecule has 0 saturated carbocycles. The molecule has 1 fully saturated rings. The largest absolute Gasteiger partial charge is 0.504 e. The topological polar surface area (TPSA) is 217 Å². The van der Waals surface area contributed by atoms with E-state index in [2.05, 4.69) is 46.5 Å². The standard InChI is InChI=1S/C48H68N4O8S2/c1-3-29-16-31-19-42(57)44(60-45-20-32(17-34-5-4-12-50-34)36-10-13-51-48(49)40(36)26-62-61-25-33(24-54)47(45)59)22-38(31)39-21-43(58)46-30(18-37(29)39)7-6-28(11-14-53)15-35(8-9-41(46)56)52-23-27(2)55/h4-5,10,12,18-19,22,27-30,32-33,35,39,41,43,45-47,50-59H,3,8-9,11,13-17,20-21,23-26,49H2,1-2H3. The summed E-state index contributed by atoms with van der Waals surface area (Å²) in [5.41, 5.74) is 12.8. The van der Waals surface area contributed by atoms with Gasteiger partial charge in [-0.3, -0.25) is 0 Å². The number of aromatic amines is 1. The number of dihydropyridines is 1. The van der Waals surface area contributed by atoms with E-state index in [1.54, 1.807) is 34.6 Å². The SMILES string of the molecule is CCC1Cc2cc(O)c(OC3CC(Cc4ccc[nH]4)C4=CCNC(N)=C4CSSCC(CO)C3O)cc2C2CC(O)C3C(C#CC(CCO)CC(NCC(C)O)CCC3O)C=C12. The molecule has 12 nitrogen and oxygen atoms in total. The van der Waals surface area contributed by atoms with Gasteiger partial charge < -0.3 is 61.8 Å². The average molecular weight is 893 g/mol. The lowest BCUT2D eigenvalue weighted by Crippen LogP contribution is -2.42. The molecule has 14 heteroatoms. The summed E-state index contributed by atoms with van der Waals surface area (Å²) < 4.78 is 6.85. The van der Waals surface area contributed by atoms with Gasteiger partial charge >= 0.3 is 0 Å². The van der Waals surface area contributed by atoms with E-state index in [9.17, 15) is 35.7 Å². The Balaban J connectivity index is 1.24. The number of nitrogens with two attached hydrogens (primary N) is 1. The first-order valence-electron chi connectivity index (χ1n) is 22.7. The first-order chi connectivity index (χ1) is 30.0. The lowest BCUT2D eigenvalue weighted by molar-refractivity contribution is -0.0214. The Morgan fingerprint density at radius 3 is 2.63 bits per heavy atom. The molecule has 5 aliphatic rings. The summed E-state index contributed by atoms with van der Waals surface area (Å²) in [4.78, 5) is 3.35. The number of hydrogen-bond donors (Lipinski definition) is 11. The molecule has 12 N–H and O–H groups in total. The predicted octanol–water partition coefficient (Wildman–Crippen LogP) is 4.26. The van der Waals surface area contributed by atoms with Gasteiger partial charge in [-0.2, -0.15) is 0 Å². The number of phenolic OH excluding ortho intramolecular Hbond substituents is 1. The fourth-order valence-corrected chi connectivity index (χ4v) is 13.0. The van der Waals surface area contributed by atoms with Crippen LogP contribution in [0.4, 0.5) is 0 Å². The van der Waals surface area contributed by atoms with Crippen LogP contribution in [0, 0.1) is 47.3 Å². The van der Waals surface area contributed by atoms with Gasteiger partial charge in [0.15, 0.2) is 11.5 Å². The summed E-state index contributed by atoms with van der Waals surface area (Å²) in [6.07, 6.45) is 7.38. The Morgan fingerprint density at radius 1 is 1.05 bits per heavy atom. The molecule has 1 aromatic carbocycles. The van der Waals surface area contributed by atoms with Gasteiger partial charge in [-0.1, -0.05) is 58.1 Å². The van der Waals surface area contributed by atoms with Crippen molar-refractivity contribution in [2.45, 2.75) is 114 Å². The molecule has 13 unspecified atom stereocenters. The van der Waals surface area contributed by atoms with Crippen LogP contribution in [0.3, 0.4) is 0 Å². The van der Waals surface area contributed by atoms with Crippen LogP contribution < -0.4 is 21.1 Å². The molecule has 0 amide bonds. The quantitative estimate of drug-likeness (QED) is 0.0866. The van der Waals surface area contributed by atoms with E-state index in [4.69, 9.17) is 10.5 Å². The summed E-state index contributed by atoms with van der Waals surface area (Å²) in [5.74, 6) is 7.24. The molecule has 1 saturated heterocycles. The number of aromatic hydroxyl groups is 1. The van der Waals surface area contributed by atoms with E-state index in [1.165, 1.54) is 5.57 Å². The zero-order chi connectivity index (χ0) is 43.9. The van der Waals surface area contributed by atoms with E-state index in [-0.39, 0.29) is 54.4 Å². The number of benzene rings is 1. The van der Waals surface area contributed by atoms with Crippen LogP contribution in [0.1, 0.15) is 81.5 Å². The fourth-order valence-electron chi connectivity index (χ4n) is 10.5. The summed E-state index contributed by atoms with van der Waals surface area (Å²) >= 11 is 0. The summed E-state index contributed by atoms with van der Waals surface area (Å²) in [7, 11) is 3.24. The van der Waals surface area contributed by atoms with Crippen LogP contribution >= 0.6 is 21.6 Å². The Bertz CT molecular complexity index is 1960. The van der Waals surface area contributed by atoms with E-state index in [0.717, 1.165) is 34.4 Å². The minimum atomic E-state index is -1.06. The van der Waals surface area contributed by atoms with Gasteiger partial charge in [-0.25, -0.2) is 0 Å². The molecule has 7 rings (SSSR count). The predicted molar refractivity (Wildman–Crippen MR) is 246 cm³/mol. The van der Waals surface area contributed by atoms with Crippen molar-refractivity contribution < 1.29 is 40.5 Å². The fraction of sp³-hybridized carbons (Fsp3) is 0.625. The lowest BCUT2D eigenvalue weighted by Gasteiger charge is -2.36. The number of nitrogens with one attached hydrogen (secondary N) is 3. The molecule has 0 radical (unpaired) electrons. The second-order valence-corrected chi connectivity index (χ2v) is 20.7. The minimum absolute atomic E-state index is 0.00296. The van der Waals surface area contributed by atoms with Crippen LogP contribution in [0.2, 0.25) is 0 Å². The van der Waals surface area contributed by atoms with Gasteiger partial charge in [0.2, 0.25) is 0 Å². The molecule has 2 aliphatic heterocycles. The monoisotopic (exact) mass is 892 g/mol. The van der Waals surface area contributed by atoms with Crippen molar-refractivity contribution in [1.82, 2.24) is 15.6 Å². The van der Waals surface area contributed by atoms with Crippen molar-refractivity contribution in [2.24, 2.45) is 41.2 Å². The molecule has 2 aromatic rings. The van der Waals surface area contributed by atoms with Gasteiger partial charge in [0.05, 0.1) is 24.4 Å². The average Bonchev–Trinajstić information content (AvgIpc) is 3.71. The molecule has 0 spiro atoms. The highest BCUT2D eigenvalue weighted by Crippen LogP contribution is 2.51. The maximum Gasteiger partial charge on any atom is 0.161 e. The van der Waals surface area contributed by atoms with Gasteiger partial charge in [0, 0.05) is 90.9 Å². The maximum absolute atomic E-state index is 12.2. The number of phenols is 1. The number of aliphatic hydroxyl groups excluding tert-OH is 6. The Kier molecular flexibility index (Phi) is 16.4. The van der Waals surface area contributed by atoms with Gasteiger partial charge in [0.25, 0.3) is 0 Å². The number of hydrogen-bond acceptors (Lipinski definition) is 13. The van der Waals surface area contributed by atoms with E-state index < -0.39 is 48.3 Å². The van der Waals surface area contributed by atoms with E-state index in [0.29, 0.717) is 81.8 Å². The van der Waals surface area contributed by atoms with Crippen molar-refractivity contribution in [2.75, 3.05) is 37.8 Å². The van der Waals surface area contributed by atoms with Crippen LogP contribution in [-0.4, -0.2) is 115 Å². The Morgan fingerprint density at radius 2 is 1.89 bits per heavy atom. The van der Waals surface area contributed by atoms with Crippen molar-refractivity contribution in [3.05, 3.63) is 82.0 Å². The molecule has 3 heterocycles. The third-order valence-corrected chi connectivity index (χ3v) is 16.3. The van der Waals surface area contributed by atoms with Crippen LogP contribution in [0.25, 0.3) is 0 Å². The minimum Gasteiger partial charge on any atom is -0.504 e. The smallest absolute Gasteiger partial charge is 0.161 e. The number of rotatable bonds is 11. The summed E-state index contributed by atoms with van der Waals surface area (Å²) in [6.45, 7) is 4.66. The highest BCUT2D eigenvalue weighted by molar-refractivity contribution is 8.76. The number of aliphatic hydroxyl groups is 6. The number of allylic oxidation sites excluding steroid dienone is 3. The first kappa shape index (κ1) is 46.9. The zero-order valence-corrected chi connectivity index (χ0v) is 37.7. The van der Waals surface area contributed by atoms with Crippen molar-refractivity contribution in [3.63, 3.8) is 0 Å². The molecule has 62 heavy (non-hydrogen) atoms. The third-order valence-electron chi connectivity index (χ3n) is 13.9. The second kappa shape index (κ2) is 21.7. The highest BCUT2D eigenvalue weighted by atomic mass is 33.1. The zero-order valence-electron chi connectivity index (χ0n) is 36.1. The highest BCUT2D eigenvalue weighted by Gasteiger charge is 2.43. The molecule has 13 atom stereocenters. The van der Waals surface area contributed by atoms with Crippen molar-refractivity contribution >= 4 is 21.6 Å². The molecular weight excluding hydrogens is 825 g/mol. The van der Waals surface area contributed by atoms with Gasteiger partial charge in [-0.15, -0.1) is 0 Å². The second-order valence-electron chi connectivity index (χ2n) is 18.2. The molecule has 0 bridgehead atoms. The Hall–Kier alpha value is -3.10. The van der Waals surface area contributed by atoms with Crippen molar-refractivity contribution in [1.29, 1.82) is 0 Å². The van der Waals surface area contributed by atoms with E-state index in [1.807, 2.05) is 24.4 Å². The van der Waals surface area contributed by atoms with E-state index >= 15 is 0 Å². The van der Waals surface area contributed by atoms with Gasteiger partial charge in [-0.05, 0) is 118 Å². The van der Waals surface area contributed by atoms with Gasteiger partial charge in [0.1, 0.15) is 11.9 Å². The number of H-pyrrole nitrogens is 1. The number of aromatic nitrogens is 1. The lowest BCUT2D eigenvalue weighted by atomic mass is 9.70. The van der Waals surface area contributed by atoms with Crippen LogP contribution in [0.5, 0.6) is 11.5 Å². The first-order valence-corrected chi connectivity index (χ1v) is 25.2. The number of fused-ring (bicyclic) bond motifs is 5. The molecular formula is C48H68N4O8S2. The Labute approximate surface area is 374 Å². The van der Waals surface area contributed by atoms with Crippen molar-refractivity contribution in [3.8, 4) is 23.3 Å². The molecule has 3 aliphatic carbocycles. The summed E-state index contributed by atoms with van der Waals surface area (Å²) in [5, 5.41) is 85.2. The number of ether oxygens (including phenoxy) is 1. The third kappa shape index (κ3) is 11.0. The molecule has 1 aromatic heterocycles.